The minimum atomic E-state index is -0.382. The van der Waals surface area contributed by atoms with Crippen LogP contribution in [0.25, 0.3) is 0 Å². The maximum absolute atomic E-state index is 3.62. The molecule has 74 valence electrons. The summed E-state index contributed by atoms with van der Waals surface area (Å²) >= 11 is 7.24. The first-order chi connectivity index (χ1) is 5.07. The van der Waals surface area contributed by atoms with E-state index in [1.807, 2.05) is 0 Å². The summed E-state index contributed by atoms with van der Waals surface area (Å²) in [5.74, 6) is 0. The maximum atomic E-state index is 3.62. The van der Waals surface area contributed by atoms with Crippen LogP contribution in [0.3, 0.4) is 0 Å². The van der Waals surface area contributed by atoms with Crippen molar-refractivity contribution in [3.05, 3.63) is 0 Å². The fourth-order valence-electron chi connectivity index (χ4n) is 1.46. The van der Waals surface area contributed by atoms with Gasteiger partial charge in [0.25, 0.3) is 0 Å². The highest BCUT2D eigenvalue weighted by atomic mass is 79.9. The zero-order valence-corrected chi connectivity index (χ0v) is 12.7. The van der Waals surface area contributed by atoms with E-state index in [1.165, 1.54) is 0 Å². The van der Waals surface area contributed by atoms with Crippen molar-refractivity contribution in [1.82, 2.24) is 4.67 Å². The molecule has 0 radical (unpaired) electrons. The van der Waals surface area contributed by atoms with E-state index in [9.17, 15) is 0 Å². The van der Waals surface area contributed by atoms with Crippen LogP contribution in [0.2, 0.25) is 0 Å². The van der Waals surface area contributed by atoms with Gasteiger partial charge in [-0.25, -0.2) is 0 Å². The van der Waals surface area contributed by atoms with Crippen molar-refractivity contribution in [3.63, 3.8) is 0 Å². The zero-order valence-electron chi connectivity index (χ0n) is 8.65. The van der Waals surface area contributed by atoms with Crippen molar-refractivity contribution in [2.24, 2.45) is 0 Å². The predicted molar refractivity (Wildman–Crippen MR) is 66.1 cm³/mol. The maximum Gasteiger partial charge on any atom is 0.108 e. The smallest absolute Gasteiger partial charge is 0.108 e. The van der Waals surface area contributed by atoms with Crippen LogP contribution >= 0.6 is 36.5 Å². The van der Waals surface area contributed by atoms with Crippen LogP contribution < -0.4 is 0 Å². The average Bonchev–Trinajstić information content (AvgIpc) is 1.49. The summed E-state index contributed by atoms with van der Waals surface area (Å²) in [4.78, 5) is 0. The second-order valence-corrected chi connectivity index (χ2v) is 12.6. The fourth-order valence-corrected chi connectivity index (χ4v) is 8.08. The van der Waals surface area contributed by atoms with Gasteiger partial charge in [-0.3, -0.25) is 4.67 Å². The molecule has 1 nitrogen and oxygen atoms in total. The van der Waals surface area contributed by atoms with E-state index in [-0.39, 0.29) is 16.6 Å². The topological polar surface area (TPSA) is 3.24 Å². The third-order valence-electron chi connectivity index (χ3n) is 1.42. The Balaban J connectivity index is 4.70. The quantitative estimate of drug-likeness (QED) is 0.621. The van der Waals surface area contributed by atoms with E-state index in [0.717, 1.165) is 0 Å². The van der Waals surface area contributed by atoms with Crippen molar-refractivity contribution in [3.8, 4) is 0 Å². The van der Waals surface area contributed by atoms with Crippen molar-refractivity contribution < 1.29 is 0 Å². The molecule has 0 N–H and O–H groups in total. The Bertz CT molecular complexity index is 132. The molecule has 0 aromatic rings. The lowest BCUT2D eigenvalue weighted by Gasteiger charge is -2.45. The summed E-state index contributed by atoms with van der Waals surface area (Å²) in [6, 6.07) is 0. The van der Waals surface area contributed by atoms with Crippen LogP contribution in [-0.2, 0) is 0 Å². The molecule has 0 aliphatic rings. The number of hydrogen-bond acceptors (Lipinski definition) is 1. The molecule has 4 heteroatoms. The minimum absolute atomic E-state index is 0.191. The largest absolute Gasteiger partial charge is 0.254 e. The van der Waals surface area contributed by atoms with Gasteiger partial charge in [0, 0.05) is 11.1 Å². The molecule has 0 spiro atoms. The Labute approximate surface area is 93.6 Å². The Morgan fingerprint density at radius 2 is 1.08 bits per heavy atom. The van der Waals surface area contributed by atoms with Crippen molar-refractivity contribution in [2.75, 3.05) is 0 Å². The third kappa shape index (κ3) is 4.04. The molecule has 0 rings (SSSR count). The Morgan fingerprint density at radius 1 is 0.833 bits per heavy atom. The monoisotopic (exact) mass is 317 g/mol. The van der Waals surface area contributed by atoms with Gasteiger partial charge in [-0.1, -0.05) is 0 Å². The lowest BCUT2D eigenvalue weighted by molar-refractivity contribution is 0.154. The summed E-state index contributed by atoms with van der Waals surface area (Å²) in [7, 11) is 0. The molecule has 0 aromatic heterocycles. The van der Waals surface area contributed by atoms with E-state index < -0.39 is 0 Å². The summed E-state index contributed by atoms with van der Waals surface area (Å²) in [6.45, 7) is 13.4. The fraction of sp³-hybridized carbons (Fsp3) is 1.00. The molecule has 0 atom stereocenters. The molecular formula is C8H18Br2NP. The number of hydrogen-bond donors (Lipinski definition) is 0. The zero-order chi connectivity index (χ0) is 10.2. The summed E-state index contributed by atoms with van der Waals surface area (Å²) in [6.07, 6.45) is 0. The summed E-state index contributed by atoms with van der Waals surface area (Å²) in [5.41, 5.74) is 0.00116. The van der Waals surface area contributed by atoms with E-state index >= 15 is 0 Å². The van der Waals surface area contributed by atoms with Gasteiger partial charge in [0.2, 0.25) is 0 Å². The van der Waals surface area contributed by atoms with Gasteiger partial charge in [0.1, 0.15) is 5.48 Å². The van der Waals surface area contributed by atoms with E-state index in [0.29, 0.717) is 0 Å². The SMILES string of the molecule is CC(C)(C)N(P(Br)Br)C(C)(C)C. The normalized spacial score (nSPS) is 14.5. The number of rotatable bonds is 1. The molecule has 0 amide bonds. The Morgan fingerprint density at radius 3 is 1.08 bits per heavy atom. The van der Waals surface area contributed by atoms with E-state index in [1.54, 1.807) is 0 Å². The van der Waals surface area contributed by atoms with Gasteiger partial charge in [-0.05, 0) is 72.5 Å². The first-order valence-corrected chi connectivity index (χ1v) is 9.32. The molecule has 0 bridgehead atoms. The van der Waals surface area contributed by atoms with E-state index in [2.05, 4.69) is 77.2 Å². The first-order valence-electron chi connectivity index (χ1n) is 3.99. The highest BCUT2D eigenvalue weighted by Gasteiger charge is 2.35. The molecule has 0 aromatic carbocycles. The molecule has 0 aliphatic heterocycles. The van der Waals surface area contributed by atoms with Gasteiger partial charge < -0.3 is 0 Å². The number of nitrogens with zero attached hydrogens (tertiary/aromatic N) is 1. The van der Waals surface area contributed by atoms with Crippen LogP contribution in [0.1, 0.15) is 41.5 Å². The second kappa shape index (κ2) is 4.25. The van der Waals surface area contributed by atoms with E-state index in [4.69, 9.17) is 0 Å². The van der Waals surface area contributed by atoms with Gasteiger partial charge in [-0.2, -0.15) is 0 Å². The van der Waals surface area contributed by atoms with Crippen molar-refractivity contribution in [1.29, 1.82) is 0 Å². The molecule has 0 saturated heterocycles. The molecule has 12 heavy (non-hydrogen) atoms. The van der Waals surface area contributed by atoms with Crippen LogP contribution in [-0.4, -0.2) is 15.7 Å². The van der Waals surface area contributed by atoms with Crippen LogP contribution in [0, 0.1) is 0 Å². The molecule has 0 heterocycles. The highest BCUT2D eigenvalue weighted by molar-refractivity contribution is 9.69. The first kappa shape index (κ1) is 13.4. The lowest BCUT2D eigenvalue weighted by atomic mass is 10.0. The summed E-state index contributed by atoms with van der Waals surface area (Å²) < 4.78 is 2.44. The predicted octanol–water partition coefficient (Wildman–Crippen LogP) is 4.90. The van der Waals surface area contributed by atoms with Crippen LogP contribution in [0.4, 0.5) is 0 Å². The number of halogens is 2. The molecule has 0 fully saturated rings. The Hall–Kier alpha value is 1.35. The molecule has 0 aliphatic carbocycles. The Kier molecular flexibility index (Phi) is 4.73. The molecular weight excluding hydrogens is 301 g/mol. The van der Waals surface area contributed by atoms with Gasteiger partial charge in [0.15, 0.2) is 0 Å². The highest BCUT2D eigenvalue weighted by Crippen LogP contribution is 2.61. The lowest BCUT2D eigenvalue weighted by Crippen LogP contribution is -2.47. The molecule has 0 unspecified atom stereocenters. The second-order valence-electron chi connectivity index (χ2n) is 4.87. The summed E-state index contributed by atoms with van der Waals surface area (Å²) in [5, 5.41) is 0. The van der Waals surface area contributed by atoms with Crippen molar-refractivity contribution >= 4 is 36.5 Å². The standard InChI is InChI=1S/C8H18Br2NP/c1-7(2,3)11(12(9)10)8(4,5)6/h1-6H3. The average molecular weight is 319 g/mol. The third-order valence-corrected chi connectivity index (χ3v) is 4.83. The van der Waals surface area contributed by atoms with Crippen LogP contribution in [0.5, 0.6) is 0 Å². The van der Waals surface area contributed by atoms with Crippen molar-refractivity contribution in [2.45, 2.75) is 52.6 Å². The van der Waals surface area contributed by atoms with Gasteiger partial charge in [-0.15, -0.1) is 0 Å². The minimum Gasteiger partial charge on any atom is -0.254 e. The van der Waals surface area contributed by atoms with Gasteiger partial charge in [0.05, 0.1) is 0 Å². The van der Waals surface area contributed by atoms with Crippen LogP contribution in [0.15, 0.2) is 0 Å². The molecule has 0 saturated carbocycles. The van der Waals surface area contributed by atoms with Gasteiger partial charge >= 0.3 is 0 Å².